The van der Waals surface area contributed by atoms with Crippen LogP contribution in [0.15, 0.2) is 53.3 Å². The fourth-order valence-electron chi connectivity index (χ4n) is 4.39. The van der Waals surface area contributed by atoms with Crippen LogP contribution >= 0.6 is 12.2 Å². The molecule has 2 heterocycles. The third-order valence-corrected chi connectivity index (χ3v) is 6.80. The van der Waals surface area contributed by atoms with E-state index < -0.39 is 0 Å². The maximum atomic E-state index is 12.9. The second-order valence-electron chi connectivity index (χ2n) is 8.82. The Bertz CT molecular complexity index is 1240. The molecule has 174 valence electrons. The molecule has 3 aromatic rings. The molecule has 1 aromatic heterocycles. The fourth-order valence-corrected chi connectivity index (χ4v) is 4.59. The molecule has 7 nitrogen and oxygen atoms in total. The quantitative estimate of drug-likeness (QED) is 0.348. The molecule has 1 aliphatic heterocycles. The number of hydrogen-bond acceptors (Lipinski definition) is 5. The normalized spacial score (nSPS) is 18.0. The number of unbranched alkanes of at least 4 members (excludes halogenated alkanes) is 2. The zero-order valence-electron chi connectivity index (χ0n) is 19.1. The Morgan fingerprint density at radius 1 is 1.12 bits per heavy atom. The van der Waals surface area contributed by atoms with Gasteiger partial charge >= 0.3 is 0 Å². The first-order chi connectivity index (χ1) is 15.9. The van der Waals surface area contributed by atoms with E-state index in [1.165, 1.54) is 10.1 Å². The molecule has 0 spiro atoms. The minimum absolute atomic E-state index is 0.0516. The molecule has 0 saturated carbocycles. The molecule has 1 saturated heterocycles. The molecule has 2 unspecified atom stereocenters. The molecule has 0 radical (unpaired) electrons. The summed E-state index contributed by atoms with van der Waals surface area (Å²) >= 11 is 5.19. The van der Waals surface area contributed by atoms with E-state index in [4.69, 9.17) is 12.2 Å². The number of hydrogen-bond donors (Lipinski definition) is 3. The second-order valence-corrected chi connectivity index (χ2v) is 9.20. The smallest absolute Gasteiger partial charge is 0.261 e. The van der Waals surface area contributed by atoms with Crippen molar-refractivity contribution >= 4 is 29.0 Å². The molecule has 2 aromatic carbocycles. The Morgan fingerprint density at radius 3 is 2.70 bits per heavy atom. The van der Waals surface area contributed by atoms with Gasteiger partial charge in [-0.05, 0) is 55.2 Å². The van der Waals surface area contributed by atoms with Crippen LogP contribution in [0, 0.1) is 4.77 Å². The average molecular weight is 466 g/mol. The van der Waals surface area contributed by atoms with E-state index in [1.807, 2.05) is 13.1 Å². The van der Waals surface area contributed by atoms with Gasteiger partial charge in [-0.2, -0.15) is 0 Å². The maximum absolute atomic E-state index is 12.9. The van der Waals surface area contributed by atoms with Crippen LogP contribution in [0.2, 0.25) is 0 Å². The number of carbonyl (C=O) groups is 1. The highest BCUT2D eigenvalue weighted by Gasteiger charge is 2.24. The predicted octanol–water partition coefficient (Wildman–Crippen LogP) is 3.84. The number of nitrogens with zero attached hydrogens (tertiary/aromatic N) is 2. The van der Waals surface area contributed by atoms with Crippen molar-refractivity contribution < 1.29 is 4.79 Å². The number of aromatic nitrogens is 2. The molecule has 33 heavy (non-hydrogen) atoms. The highest BCUT2D eigenvalue weighted by molar-refractivity contribution is 7.71. The van der Waals surface area contributed by atoms with Crippen LogP contribution in [-0.2, 0) is 7.05 Å². The SMILES string of the molecule is CN(CCCCCC1CC(c2ccccc2)NN1)C(=O)c1ccc2c(=O)n(C)c(=S)[nH]c2c1. The predicted molar refractivity (Wildman–Crippen MR) is 134 cm³/mol. The van der Waals surface area contributed by atoms with E-state index in [0.29, 0.717) is 39.9 Å². The Hall–Kier alpha value is -2.81. The van der Waals surface area contributed by atoms with E-state index in [-0.39, 0.29) is 11.5 Å². The summed E-state index contributed by atoms with van der Waals surface area (Å²) in [5.41, 5.74) is 9.13. The molecule has 8 heteroatoms. The lowest BCUT2D eigenvalue weighted by molar-refractivity contribution is 0.0792. The third-order valence-electron chi connectivity index (χ3n) is 6.42. The lowest BCUT2D eigenvalue weighted by atomic mass is 9.99. The molecule has 4 rings (SSSR count). The zero-order valence-corrected chi connectivity index (χ0v) is 20.0. The highest BCUT2D eigenvalue weighted by Crippen LogP contribution is 2.24. The van der Waals surface area contributed by atoms with Gasteiger partial charge in [-0.3, -0.25) is 25.0 Å². The van der Waals surface area contributed by atoms with Crippen LogP contribution in [-0.4, -0.2) is 40.0 Å². The van der Waals surface area contributed by atoms with Crippen molar-refractivity contribution in [1.82, 2.24) is 25.3 Å². The summed E-state index contributed by atoms with van der Waals surface area (Å²) in [5.74, 6) is -0.0516. The summed E-state index contributed by atoms with van der Waals surface area (Å²) in [6, 6.07) is 16.5. The molecule has 0 aliphatic carbocycles. The molecule has 0 bridgehead atoms. The van der Waals surface area contributed by atoms with Crippen LogP contribution < -0.4 is 16.4 Å². The van der Waals surface area contributed by atoms with E-state index in [2.05, 4.69) is 40.1 Å². The van der Waals surface area contributed by atoms with Gasteiger partial charge in [-0.15, -0.1) is 0 Å². The van der Waals surface area contributed by atoms with Gasteiger partial charge in [0, 0.05) is 38.3 Å². The standard InChI is InChI=1S/C25H31N5O2S/c1-29(23(31)18-12-13-20-22(15-18)26-25(33)30(2)24(20)32)14-8-4-7-11-19-16-21(28-27-19)17-9-5-3-6-10-17/h3,5-6,9-10,12-13,15,19,21,27-28H,4,7-8,11,14,16H2,1-2H3,(H,26,33). The summed E-state index contributed by atoms with van der Waals surface area (Å²) in [6.07, 6.45) is 5.37. The molecule has 1 amide bonds. The monoisotopic (exact) mass is 465 g/mol. The number of aromatic amines is 1. The van der Waals surface area contributed by atoms with Crippen molar-refractivity contribution in [3.8, 4) is 0 Å². The van der Waals surface area contributed by atoms with Gasteiger partial charge in [-0.25, -0.2) is 0 Å². The van der Waals surface area contributed by atoms with Crippen molar-refractivity contribution in [1.29, 1.82) is 0 Å². The molecule has 3 N–H and O–H groups in total. The van der Waals surface area contributed by atoms with Gasteiger partial charge in [0.1, 0.15) is 0 Å². The molecular formula is C25H31N5O2S. The number of H-pyrrole nitrogens is 1. The number of nitrogens with one attached hydrogen (secondary N) is 3. The lowest BCUT2D eigenvalue weighted by Gasteiger charge is -2.18. The van der Waals surface area contributed by atoms with Crippen molar-refractivity contribution in [3.63, 3.8) is 0 Å². The number of fused-ring (bicyclic) bond motifs is 1. The summed E-state index contributed by atoms with van der Waals surface area (Å²) in [7, 11) is 3.46. The van der Waals surface area contributed by atoms with Crippen LogP contribution in [0.4, 0.5) is 0 Å². The summed E-state index contributed by atoms with van der Waals surface area (Å²) in [5, 5.41) is 0.523. The van der Waals surface area contributed by atoms with Crippen molar-refractivity contribution in [2.45, 2.75) is 44.2 Å². The Morgan fingerprint density at radius 2 is 1.91 bits per heavy atom. The van der Waals surface area contributed by atoms with Crippen LogP contribution in [0.5, 0.6) is 0 Å². The Kier molecular flexibility index (Phi) is 7.37. The number of hydrazine groups is 1. The number of benzene rings is 2. The van der Waals surface area contributed by atoms with Crippen LogP contribution in [0.3, 0.4) is 0 Å². The second kappa shape index (κ2) is 10.4. The van der Waals surface area contributed by atoms with E-state index in [0.717, 1.165) is 32.1 Å². The average Bonchev–Trinajstić information content (AvgIpc) is 3.31. The van der Waals surface area contributed by atoms with Gasteiger partial charge in [0.25, 0.3) is 11.5 Å². The maximum Gasteiger partial charge on any atom is 0.261 e. The van der Waals surface area contributed by atoms with Crippen LogP contribution in [0.1, 0.15) is 54.1 Å². The van der Waals surface area contributed by atoms with Gasteiger partial charge < -0.3 is 9.88 Å². The van der Waals surface area contributed by atoms with Crippen molar-refractivity contribution in [2.24, 2.45) is 7.05 Å². The zero-order chi connectivity index (χ0) is 23.4. The molecule has 1 fully saturated rings. The Labute approximate surface area is 198 Å². The summed E-state index contributed by atoms with van der Waals surface area (Å²) in [6.45, 7) is 0.701. The fraction of sp³-hybridized carbons (Fsp3) is 0.400. The summed E-state index contributed by atoms with van der Waals surface area (Å²) in [4.78, 5) is 30.0. The molecule has 1 aliphatic rings. The summed E-state index contributed by atoms with van der Waals surface area (Å²) < 4.78 is 1.73. The molecular weight excluding hydrogens is 434 g/mol. The van der Waals surface area contributed by atoms with Crippen molar-refractivity contribution in [3.05, 3.63) is 74.8 Å². The van der Waals surface area contributed by atoms with Gasteiger partial charge in [0.2, 0.25) is 0 Å². The van der Waals surface area contributed by atoms with E-state index in [1.54, 1.807) is 30.1 Å². The largest absolute Gasteiger partial charge is 0.342 e. The first-order valence-electron chi connectivity index (χ1n) is 11.5. The minimum atomic E-state index is -0.164. The van der Waals surface area contributed by atoms with Gasteiger partial charge in [-0.1, -0.05) is 43.2 Å². The van der Waals surface area contributed by atoms with Crippen molar-refractivity contribution in [2.75, 3.05) is 13.6 Å². The first kappa shape index (κ1) is 23.4. The molecule has 2 atom stereocenters. The van der Waals surface area contributed by atoms with Gasteiger partial charge in [0.05, 0.1) is 10.9 Å². The minimum Gasteiger partial charge on any atom is -0.342 e. The number of amides is 1. The highest BCUT2D eigenvalue weighted by atomic mass is 32.1. The Balaban J connectivity index is 1.23. The lowest BCUT2D eigenvalue weighted by Crippen LogP contribution is -2.30. The topological polar surface area (TPSA) is 82.2 Å². The van der Waals surface area contributed by atoms with E-state index >= 15 is 0 Å². The van der Waals surface area contributed by atoms with Crippen LogP contribution in [0.25, 0.3) is 10.9 Å². The third kappa shape index (κ3) is 5.40. The first-order valence-corrected chi connectivity index (χ1v) is 11.9. The van der Waals surface area contributed by atoms with E-state index in [9.17, 15) is 9.59 Å². The number of carbonyl (C=O) groups excluding carboxylic acids is 1. The number of rotatable bonds is 8. The van der Waals surface area contributed by atoms with Gasteiger partial charge in [0.15, 0.2) is 4.77 Å².